The highest BCUT2D eigenvalue weighted by Gasteiger charge is 2.30. The molecular formula is C10H16FN3O. The van der Waals surface area contributed by atoms with Crippen molar-refractivity contribution in [2.45, 2.75) is 44.8 Å². The maximum Gasteiger partial charge on any atom is 0.243 e. The monoisotopic (exact) mass is 213 g/mol. The molecule has 0 radical (unpaired) electrons. The summed E-state index contributed by atoms with van der Waals surface area (Å²) in [6.07, 6.45) is -0.383. The van der Waals surface area contributed by atoms with E-state index in [1.54, 1.807) is 0 Å². The lowest BCUT2D eigenvalue weighted by Crippen LogP contribution is -2.16. The van der Waals surface area contributed by atoms with Gasteiger partial charge >= 0.3 is 0 Å². The molecule has 4 nitrogen and oxygen atoms in total. The van der Waals surface area contributed by atoms with Gasteiger partial charge in [0.15, 0.2) is 5.82 Å². The van der Waals surface area contributed by atoms with Gasteiger partial charge in [-0.25, -0.2) is 4.39 Å². The molecule has 2 atom stereocenters. The normalized spacial score (nSPS) is 27.2. The smallest absolute Gasteiger partial charge is 0.243 e. The van der Waals surface area contributed by atoms with Gasteiger partial charge in [-0.1, -0.05) is 25.9 Å². The highest BCUT2D eigenvalue weighted by molar-refractivity contribution is 5.03. The van der Waals surface area contributed by atoms with Crippen LogP contribution in [0.1, 0.15) is 44.9 Å². The molecule has 5 heteroatoms. The van der Waals surface area contributed by atoms with E-state index in [4.69, 9.17) is 4.52 Å². The van der Waals surface area contributed by atoms with Crippen LogP contribution in [-0.4, -0.2) is 22.9 Å². The molecule has 0 aliphatic carbocycles. The van der Waals surface area contributed by atoms with Gasteiger partial charge in [-0.2, -0.15) is 4.98 Å². The van der Waals surface area contributed by atoms with E-state index in [2.05, 4.69) is 15.5 Å². The number of aromatic nitrogens is 2. The molecule has 1 aromatic rings. The molecule has 84 valence electrons. The van der Waals surface area contributed by atoms with Crippen LogP contribution >= 0.6 is 0 Å². The molecule has 1 aliphatic heterocycles. The predicted molar refractivity (Wildman–Crippen MR) is 53.3 cm³/mol. The van der Waals surface area contributed by atoms with Gasteiger partial charge in [-0.05, 0) is 0 Å². The van der Waals surface area contributed by atoms with Crippen molar-refractivity contribution in [3.8, 4) is 0 Å². The number of nitrogens with one attached hydrogen (secondary N) is 1. The molecule has 2 rings (SSSR count). The Labute approximate surface area is 88.2 Å². The van der Waals surface area contributed by atoms with Gasteiger partial charge in [0.25, 0.3) is 0 Å². The third-order valence-electron chi connectivity index (χ3n) is 2.49. The highest BCUT2D eigenvalue weighted by atomic mass is 19.1. The lowest BCUT2D eigenvalue weighted by molar-refractivity contribution is 0.319. The highest BCUT2D eigenvalue weighted by Crippen LogP contribution is 2.26. The van der Waals surface area contributed by atoms with Gasteiger partial charge in [0, 0.05) is 18.4 Å². The zero-order valence-electron chi connectivity index (χ0n) is 9.25. The molecule has 1 aliphatic rings. The van der Waals surface area contributed by atoms with Crippen LogP contribution in [0.25, 0.3) is 0 Å². The van der Waals surface area contributed by atoms with Crippen LogP contribution in [0.15, 0.2) is 4.52 Å². The Morgan fingerprint density at radius 2 is 2.20 bits per heavy atom. The van der Waals surface area contributed by atoms with Gasteiger partial charge in [-0.15, -0.1) is 0 Å². The fraction of sp³-hybridized carbons (Fsp3) is 0.800. The summed E-state index contributed by atoms with van der Waals surface area (Å²) in [6.45, 7) is 6.42. The zero-order valence-corrected chi connectivity index (χ0v) is 9.25. The second-order valence-corrected chi connectivity index (χ2v) is 5.00. The van der Waals surface area contributed by atoms with E-state index in [-0.39, 0.29) is 11.5 Å². The van der Waals surface area contributed by atoms with Gasteiger partial charge in [0.1, 0.15) is 6.17 Å². The predicted octanol–water partition coefficient (Wildman–Crippen LogP) is 1.74. The lowest BCUT2D eigenvalue weighted by Gasteiger charge is -2.11. The first kappa shape index (κ1) is 10.5. The SMILES string of the molecule is CC(C)(C)c1noc([C@H]2C[C@@H](F)CN2)n1. The Bertz CT molecular complexity index is 345. The minimum Gasteiger partial charge on any atom is -0.338 e. The fourth-order valence-electron chi connectivity index (χ4n) is 1.56. The summed E-state index contributed by atoms with van der Waals surface area (Å²) < 4.78 is 18.1. The second-order valence-electron chi connectivity index (χ2n) is 5.00. The molecule has 0 spiro atoms. The van der Waals surface area contributed by atoms with Gasteiger partial charge in [-0.3, -0.25) is 0 Å². The number of nitrogens with zero attached hydrogens (tertiary/aromatic N) is 2. The molecule has 0 amide bonds. The van der Waals surface area contributed by atoms with E-state index in [1.807, 2.05) is 20.8 Å². The van der Waals surface area contributed by atoms with Crippen LogP contribution in [0.3, 0.4) is 0 Å². The fourth-order valence-corrected chi connectivity index (χ4v) is 1.56. The average molecular weight is 213 g/mol. The molecule has 1 aromatic heterocycles. The minimum atomic E-state index is -0.806. The number of alkyl halides is 1. The van der Waals surface area contributed by atoms with Gasteiger partial charge in [0.2, 0.25) is 5.89 Å². The molecule has 0 aromatic carbocycles. The summed E-state index contributed by atoms with van der Waals surface area (Å²) in [7, 11) is 0. The third-order valence-corrected chi connectivity index (χ3v) is 2.49. The average Bonchev–Trinajstić information content (AvgIpc) is 2.69. The Balaban J connectivity index is 2.14. The van der Waals surface area contributed by atoms with Crippen LogP contribution in [0.2, 0.25) is 0 Å². The zero-order chi connectivity index (χ0) is 11.1. The molecular weight excluding hydrogens is 197 g/mol. The van der Waals surface area contributed by atoms with Crippen molar-refractivity contribution in [3.05, 3.63) is 11.7 Å². The molecule has 0 saturated carbocycles. The number of hydrogen-bond acceptors (Lipinski definition) is 4. The van der Waals surface area contributed by atoms with Crippen molar-refractivity contribution in [3.63, 3.8) is 0 Å². The van der Waals surface area contributed by atoms with Crippen LogP contribution in [-0.2, 0) is 5.41 Å². The van der Waals surface area contributed by atoms with Crippen molar-refractivity contribution >= 4 is 0 Å². The van der Waals surface area contributed by atoms with Crippen molar-refractivity contribution in [1.29, 1.82) is 0 Å². The maximum absolute atomic E-state index is 12.9. The van der Waals surface area contributed by atoms with Crippen molar-refractivity contribution in [1.82, 2.24) is 15.5 Å². The first-order valence-electron chi connectivity index (χ1n) is 5.18. The standard InChI is InChI=1S/C10H16FN3O/c1-10(2,3)9-13-8(15-14-9)7-4-6(11)5-12-7/h6-7,12H,4-5H2,1-3H3/t6-,7-/m1/s1. The van der Waals surface area contributed by atoms with E-state index in [9.17, 15) is 4.39 Å². The molecule has 1 N–H and O–H groups in total. The summed E-state index contributed by atoms with van der Waals surface area (Å²) in [6, 6.07) is -0.122. The van der Waals surface area contributed by atoms with E-state index in [0.717, 1.165) is 0 Å². The van der Waals surface area contributed by atoms with Gasteiger partial charge < -0.3 is 9.84 Å². The molecule has 0 unspecified atom stereocenters. The molecule has 15 heavy (non-hydrogen) atoms. The summed E-state index contributed by atoms with van der Waals surface area (Å²) in [5, 5.41) is 6.92. The maximum atomic E-state index is 12.9. The molecule has 2 heterocycles. The lowest BCUT2D eigenvalue weighted by atomic mass is 9.96. The van der Waals surface area contributed by atoms with Crippen molar-refractivity contribution in [2.75, 3.05) is 6.54 Å². The summed E-state index contributed by atoms with van der Waals surface area (Å²) in [5.41, 5.74) is -0.129. The molecule has 1 fully saturated rings. The Morgan fingerprint density at radius 1 is 1.47 bits per heavy atom. The summed E-state index contributed by atoms with van der Waals surface area (Å²) in [5.74, 6) is 1.17. The second kappa shape index (κ2) is 3.56. The molecule has 1 saturated heterocycles. The number of hydrogen-bond donors (Lipinski definition) is 1. The van der Waals surface area contributed by atoms with E-state index in [0.29, 0.717) is 24.7 Å². The molecule has 0 bridgehead atoms. The summed E-state index contributed by atoms with van der Waals surface area (Å²) >= 11 is 0. The Hall–Kier alpha value is -0.970. The first-order valence-corrected chi connectivity index (χ1v) is 5.18. The van der Waals surface area contributed by atoms with Gasteiger partial charge in [0.05, 0.1) is 6.04 Å². The van der Waals surface area contributed by atoms with Crippen LogP contribution < -0.4 is 5.32 Å². The minimum absolute atomic E-state index is 0.122. The van der Waals surface area contributed by atoms with E-state index >= 15 is 0 Å². The summed E-state index contributed by atoms with van der Waals surface area (Å²) in [4.78, 5) is 4.29. The van der Waals surface area contributed by atoms with E-state index in [1.165, 1.54) is 0 Å². The Morgan fingerprint density at radius 3 is 2.67 bits per heavy atom. The van der Waals surface area contributed by atoms with Crippen LogP contribution in [0.4, 0.5) is 4.39 Å². The largest absolute Gasteiger partial charge is 0.338 e. The van der Waals surface area contributed by atoms with Crippen LogP contribution in [0.5, 0.6) is 0 Å². The first-order chi connectivity index (χ1) is 6.97. The third kappa shape index (κ3) is 2.17. The number of halogens is 1. The number of rotatable bonds is 1. The van der Waals surface area contributed by atoms with Crippen molar-refractivity contribution < 1.29 is 8.91 Å². The van der Waals surface area contributed by atoms with Crippen molar-refractivity contribution in [2.24, 2.45) is 0 Å². The van der Waals surface area contributed by atoms with Crippen LogP contribution in [0, 0.1) is 0 Å². The quantitative estimate of drug-likeness (QED) is 0.772. The Kier molecular flexibility index (Phi) is 2.50. The van der Waals surface area contributed by atoms with E-state index < -0.39 is 6.17 Å². The topological polar surface area (TPSA) is 51.0 Å².